The van der Waals surface area contributed by atoms with E-state index in [4.69, 9.17) is 23.2 Å². The molecule has 2 heteroatoms. The summed E-state index contributed by atoms with van der Waals surface area (Å²) in [6, 6.07) is 0. The Bertz CT molecular complexity index is 280. The van der Waals surface area contributed by atoms with Crippen LogP contribution in [0.1, 0.15) is 33.6 Å². The Morgan fingerprint density at radius 1 is 1.00 bits per heavy atom. The molecule has 0 unspecified atom stereocenters. The van der Waals surface area contributed by atoms with Crippen LogP contribution in [0.2, 0.25) is 0 Å². The molecule has 0 aromatic heterocycles. The maximum atomic E-state index is 6.37. The zero-order chi connectivity index (χ0) is 9.65. The summed E-state index contributed by atoms with van der Waals surface area (Å²) >= 11 is 12.7. The first-order valence-corrected chi connectivity index (χ1v) is 5.96. The lowest BCUT2D eigenvalue weighted by molar-refractivity contribution is -0.106. The molecule has 0 radical (unpaired) electrons. The SMILES string of the molecule is CC1(C)[C@H]2C[C@@H]1[C@@]1(C)[C@@H](C2)C1(Cl)Cl. The van der Waals surface area contributed by atoms with Gasteiger partial charge in [0.25, 0.3) is 0 Å². The van der Waals surface area contributed by atoms with Gasteiger partial charge in [-0.25, -0.2) is 0 Å². The fourth-order valence-electron chi connectivity index (χ4n) is 4.22. The van der Waals surface area contributed by atoms with Crippen LogP contribution in [0.3, 0.4) is 0 Å². The lowest BCUT2D eigenvalue weighted by Gasteiger charge is -2.59. The second-order valence-electron chi connectivity index (χ2n) is 6.00. The van der Waals surface area contributed by atoms with E-state index in [1.165, 1.54) is 12.8 Å². The van der Waals surface area contributed by atoms with Crippen LogP contribution < -0.4 is 0 Å². The molecule has 0 heterocycles. The van der Waals surface area contributed by atoms with E-state index in [-0.39, 0.29) is 5.41 Å². The van der Waals surface area contributed by atoms with Crippen LogP contribution in [0, 0.1) is 28.6 Å². The molecule has 4 rings (SSSR count). The number of alkyl halides is 2. The lowest BCUT2D eigenvalue weighted by Crippen LogP contribution is -2.52. The average molecular weight is 219 g/mol. The quantitative estimate of drug-likeness (QED) is 0.542. The van der Waals surface area contributed by atoms with Gasteiger partial charge in [0.15, 0.2) is 0 Å². The Labute approximate surface area is 90.0 Å². The zero-order valence-corrected chi connectivity index (χ0v) is 9.91. The van der Waals surface area contributed by atoms with Crippen LogP contribution in [0.5, 0.6) is 0 Å². The van der Waals surface area contributed by atoms with Gasteiger partial charge >= 0.3 is 0 Å². The van der Waals surface area contributed by atoms with E-state index < -0.39 is 4.33 Å². The highest BCUT2D eigenvalue weighted by molar-refractivity contribution is 6.52. The molecule has 4 aliphatic rings. The first-order chi connectivity index (χ1) is 5.83. The van der Waals surface area contributed by atoms with E-state index in [0.29, 0.717) is 11.3 Å². The first-order valence-electron chi connectivity index (χ1n) is 5.20. The average Bonchev–Trinajstić information content (AvgIpc) is 2.46. The van der Waals surface area contributed by atoms with Crippen molar-refractivity contribution in [2.24, 2.45) is 28.6 Å². The Hall–Kier alpha value is 0.580. The van der Waals surface area contributed by atoms with Crippen molar-refractivity contribution in [2.45, 2.75) is 37.9 Å². The standard InChI is InChI=1S/C11H16Cl2/c1-9(2)6-4-7(9)10(3)8(5-6)11(10,12)13/h6-8H,4-5H2,1-3H3/t6-,7-,8+,10-/m0/s1. The van der Waals surface area contributed by atoms with Gasteiger partial charge in [-0.15, -0.1) is 23.2 Å². The van der Waals surface area contributed by atoms with Gasteiger partial charge < -0.3 is 0 Å². The molecule has 74 valence electrons. The Balaban J connectivity index is 2.01. The summed E-state index contributed by atoms with van der Waals surface area (Å²) in [6.07, 6.45) is 2.62. The van der Waals surface area contributed by atoms with Crippen molar-refractivity contribution < 1.29 is 0 Å². The summed E-state index contributed by atoms with van der Waals surface area (Å²) in [5.74, 6) is 2.23. The van der Waals surface area contributed by atoms with Crippen LogP contribution >= 0.6 is 23.2 Å². The molecule has 4 saturated carbocycles. The van der Waals surface area contributed by atoms with Crippen molar-refractivity contribution in [1.29, 1.82) is 0 Å². The third-order valence-corrected chi connectivity index (χ3v) is 6.85. The molecule has 0 amide bonds. The maximum absolute atomic E-state index is 6.37. The number of halogens is 2. The summed E-state index contributed by atoms with van der Waals surface area (Å²) < 4.78 is -0.403. The minimum atomic E-state index is -0.403. The van der Waals surface area contributed by atoms with Gasteiger partial charge in [0.1, 0.15) is 4.33 Å². The van der Waals surface area contributed by atoms with Crippen LogP contribution in [0.25, 0.3) is 0 Å². The largest absolute Gasteiger partial charge is 0.127 e. The molecule has 13 heavy (non-hydrogen) atoms. The summed E-state index contributed by atoms with van der Waals surface area (Å²) in [4.78, 5) is 0. The van der Waals surface area contributed by atoms with Gasteiger partial charge in [0, 0.05) is 11.3 Å². The Morgan fingerprint density at radius 2 is 1.54 bits per heavy atom. The van der Waals surface area contributed by atoms with Crippen molar-refractivity contribution in [3.05, 3.63) is 0 Å². The van der Waals surface area contributed by atoms with E-state index in [1.54, 1.807) is 0 Å². The summed E-state index contributed by atoms with van der Waals surface area (Å²) in [5.41, 5.74) is 0.727. The van der Waals surface area contributed by atoms with Crippen molar-refractivity contribution >= 4 is 23.2 Å². The van der Waals surface area contributed by atoms with E-state index in [0.717, 1.165) is 11.8 Å². The summed E-state index contributed by atoms with van der Waals surface area (Å²) in [5, 5.41) is 0. The minimum Gasteiger partial charge on any atom is -0.101 e. The van der Waals surface area contributed by atoms with Gasteiger partial charge in [-0.3, -0.25) is 0 Å². The van der Waals surface area contributed by atoms with Gasteiger partial charge in [-0.1, -0.05) is 20.8 Å². The van der Waals surface area contributed by atoms with Crippen molar-refractivity contribution in [3.8, 4) is 0 Å². The van der Waals surface area contributed by atoms with Crippen molar-refractivity contribution in [1.82, 2.24) is 0 Å². The fourth-order valence-corrected chi connectivity index (χ4v) is 5.27. The molecule has 4 fully saturated rings. The van der Waals surface area contributed by atoms with E-state index in [2.05, 4.69) is 20.8 Å². The van der Waals surface area contributed by atoms with Crippen LogP contribution in [-0.2, 0) is 0 Å². The molecule has 4 aliphatic carbocycles. The van der Waals surface area contributed by atoms with Crippen LogP contribution in [0.15, 0.2) is 0 Å². The number of hydrogen-bond acceptors (Lipinski definition) is 0. The predicted molar refractivity (Wildman–Crippen MR) is 56.0 cm³/mol. The van der Waals surface area contributed by atoms with Crippen LogP contribution in [0.4, 0.5) is 0 Å². The zero-order valence-electron chi connectivity index (χ0n) is 8.40. The van der Waals surface area contributed by atoms with Gasteiger partial charge in [0.05, 0.1) is 0 Å². The molecule has 0 spiro atoms. The molecular formula is C11H16Cl2. The molecule has 0 aromatic rings. The molecule has 0 N–H and O–H groups in total. The molecule has 4 atom stereocenters. The Kier molecular flexibility index (Phi) is 1.31. The Morgan fingerprint density at radius 3 is 1.92 bits per heavy atom. The topological polar surface area (TPSA) is 0 Å². The van der Waals surface area contributed by atoms with Crippen molar-refractivity contribution in [3.63, 3.8) is 0 Å². The normalized spacial score (nSPS) is 59.3. The smallest absolute Gasteiger partial charge is 0.101 e. The molecule has 0 aromatic carbocycles. The summed E-state index contributed by atoms with van der Waals surface area (Å²) in [7, 11) is 0. The molecule has 0 saturated heterocycles. The van der Waals surface area contributed by atoms with Gasteiger partial charge in [0.2, 0.25) is 0 Å². The third kappa shape index (κ3) is 0.678. The fraction of sp³-hybridized carbons (Fsp3) is 1.00. The summed E-state index contributed by atoms with van der Waals surface area (Å²) in [6.45, 7) is 7.06. The molecular weight excluding hydrogens is 203 g/mol. The number of hydrogen-bond donors (Lipinski definition) is 0. The molecule has 0 nitrogen and oxygen atoms in total. The third-order valence-electron chi connectivity index (χ3n) is 5.51. The highest BCUT2D eigenvalue weighted by atomic mass is 35.5. The molecule has 2 bridgehead atoms. The monoisotopic (exact) mass is 218 g/mol. The van der Waals surface area contributed by atoms with E-state index >= 15 is 0 Å². The van der Waals surface area contributed by atoms with E-state index in [1.807, 2.05) is 0 Å². The van der Waals surface area contributed by atoms with E-state index in [9.17, 15) is 0 Å². The maximum Gasteiger partial charge on any atom is 0.127 e. The number of rotatable bonds is 0. The van der Waals surface area contributed by atoms with Gasteiger partial charge in [-0.05, 0) is 30.1 Å². The van der Waals surface area contributed by atoms with Gasteiger partial charge in [-0.2, -0.15) is 0 Å². The highest BCUT2D eigenvalue weighted by Crippen LogP contribution is 2.85. The minimum absolute atomic E-state index is 0.231. The first kappa shape index (κ1) is 8.85. The second kappa shape index (κ2) is 1.93. The lowest BCUT2D eigenvalue weighted by atomic mass is 9.45. The van der Waals surface area contributed by atoms with Crippen molar-refractivity contribution in [2.75, 3.05) is 0 Å². The molecule has 0 aliphatic heterocycles. The predicted octanol–water partition coefficient (Wildman–Crippen LogP) is 3.86. The second-order valence-corrected chi connectivity index (χ2v) is 7.39. The highest BCUT2D eigenvalue weighted by Gasteiger charge is 2.83. The van der Waals surface area contributed by atoms with Crippen LogP contribution in [-0.4, -0.2) is 4.33 Å².